The summed E-state index contributed by atoms with van der Waals surface area (Å²) in [6.45, 7) is 2.08. The molecular formula is C22H20N4O2S. The van der Waals surface area contributed by atoms with E-state index in [1.54, 1.807) is 6.26 Å². The van der Waals surface area contributed by atoms with Crippen molar-refractivity contribution in [3.05, 3.63) is 84.6 Å². The zero-order valence-electron chi connectivity index (χ0n) is 15.9. The van der Waals surface area contributed by atoms with Crippen LogP contribution in [0.15, 0.2) is 88.6 Å². The van der Waals surface area contributed by atoms with Gasteiger partial charge in [-0.05, 0) is 36.8 Å². The van der Waals surface area contributed by atoms with Crippen LogP contribution in [0.2, 0.25) is 0 Å². The van der Waals surface area contributed by atoms with Gasteiger partial charge in [-0.15, -0.1) is 10.2 Å². The Bertz CT molecular complexity index is 1060. The van der Waals surface area contributed by atoms with Crippen molar-refractivity contribution in [3.63, 3.8) is 0 Å². The van der Waals surface area contributed by atoms with Gasteiger partial charge < -0.3 is 9.73 Å². The van der Waals surface area contributed by atoms with Crippen molar-refractivity contribution >= 4 is 23.4 Å². The van der Waals surface area contributed by atoms with Crippen molar-refractivity contribution < 1.29 is 9.21 Å². The van der Waals surface area contributed by atoms with Gasteiger partial charge in [-0.3, -0.25) is 9.36 Å². The Balaban J connectivity index is 1.57. The number of amides is 1. The van der Waals surface area contributed by atoms with E-state index >= 15 is 0 Å². The average Bonchev–Trinajstić information content (AvgIpc) is 3.43. The van der Waals surface area contributed by atoms with Crippen LogP contribution in [0.4, 0.5) is 5.69 Å². The molecule has 4 aromatic rings. The topological polar surface area (TPSA) is 73.0 Å². The third kappa shape index (κ3) is 4.41. The zero-order chi connectivity index (χ0) is 20.1. The summed E-state index contributed by atoms with van der Waals surface area (Å²) < 4.78 is 7.56. The number of hydrogen-bond acceptors (Lipinski definition) is 5. The minimum absolute atomic E-state index is 0.0222. The van der Waals surface area contributed by atoms with E-state index < -0.39 is 0 Å². The van der Waals surface area contributed by atoms with Crippen LogP contribution in [-0.2, 0) is 4.79 Å². The van der Waals surface area contributed by atoms with Crippen LogP contribution >= 0.6 is 11.8 Å². The molecule has 1 unspecified atom stereocenters. The number of anilines is 1. The molecule has 0 radical (unpaired) electrons. The molecule has 1 N–H and O–H groups in total. The van der Waals surface area contributed by atoms with Crippen molar-refractivity contribution in [2.45, 2.75) is 18.1 Å². The van der Waals surface area contributed by atoms with Crippen LogP contribution in [0.1, 0.15) is 18.5 Å². The summed E-state index contributed by atoms with van der Waals surface area (Å²) in [6, 6.07) is 23.2. The fraction of sp³-hybridized carbons (Fsp3) is 0.136. The molecule has 0 aliphatic rings. The van der Waals surface area contributed by atoms with Gasteiger partial charge in [0.25, 0.3) is 0 Å². The Morgan fingerprint density at radius 3 is 2.45 bits per heavy atom. The van der Waals surface area contributed by atoms with Gasteiger partial charge in [0.15, 0.2) is 10.9 Å². The highest BCUT2D eigenvalue weighted by Gasteiger charge is 2.22. The Morgan fingerprint density at radius 1 is 1.03 bits per heavy atom. The number of thioether (sulfide) groups is 1. The number of nitrogens with one attached hydrogen (secondary N) is 1. The molecule has 2 aromatic heterocycles. The van der Waals surface area contributed by atoms with E-state index in [0.717, 1.165) is 11.3 Å². The van der Waals surface area contributed by atoms with E-state index in [2.05, 4.69) is 34.6 Å². The number of aromatic nitrogens is 3. The molecule has 7 heteroatoms. The summed E-state index contributed by atoms with van der Waals surface area (Å²) in [5.41, 5.74) is 1.89. The van der Waals surface area contributed by atoms with Crippen LogP contribution in [0.5, 0.6) is 0 Å². The van der Waals surface area contributed by atoms with Crippen molar-refractivity contribution in [1.29, 1.82) is 0 Å². The molecule has 0 spiro atoms. The first-order chi connectivity index (χ1) is 14.2. The predicted octanol–water partition coefficient (Wildman–Crippen LogP) is 4.88. The van der Waals surface area contributed by atoms with Gasteiger partial charge in [-0.2, -0.15) is 0 Å². The molecule has 2 heterocycles. The standard InChI is InChI=1S/C22H20N4O2S/c1-16(17-9-4-2-5-10-17)26-21(19-13-8-14-28-19)24-25-22(26)29-15-20(27)23-18-11-6-3-7-12-18/h2-14,16H,15H2,1H3,(H,23,27). The molecule has 0 saturated carbocycles. The number of para-hydroxylation sites is 1. The molecule has 1 amide bonds. The fourth-order valence-corrected chi connectivity index (χ4v) is 3.84. The zero-order valence-corrected chi connectivity index (χ0v) is 16.7. The second-order valence-electron chi connectivity index (χ2n) is 6.44. The SMILES string of the molecule is CC(c1ccccc1)n1c(SCC(=O)Nc2ccccc2)nnc1-c1ccco1. The first-order valence-electron chi connectivity index (χ1n) is 9.24. The van der Waals surface area contributed by atoms with Gasteiger partial charge in [-0.1, -0.05) is 60.3 Å². The van der Waals surface area contributed by atoms with E-state index in [0.29, 0.717) is 16.7 Å². The molecule has 6 nitrogen and oxygen atoms in total. The molecular weight excluding hydrogens is 384 g/mol. The van der Waals surface area contributed by atoms with E-state index in [4.69, 9.17) is 4.42 Å². The molecule has 1 atom stereocenters. The Hall–Kier alpha value is -3.32. The number of furan rings is 1. The van der Waals surface area contributed by atoms with E-state index in [1.807, 2.05) is 65.2 Å². The normalized spacial score (nSPS) is 11.9. The maximum Gasteiger partial charge on any atom is 0.234 e. The quantitative estimate of drug-likeness (QED) is 0.445. The molecule has 0 saturated heterocycles. The summed E-state index contributed by atoms with van der Waals surface area (Å²) in [5, 5.41) is 12.2. The largest absolute Gasteiger partial charge is 0.461 e. The smallest absolute Gasteiger partial charge is 0.234 e. The number of hydrogen-bond donors (Lipinski definition) is 1. The predicted molar refractivity (Wildman–Crippen MR) is 114 cm³/mol. The van der Waals surface area contributed by atoms with Crippen LogP contribution in [0.3, 0.4) is 0 Å². The number of carbonyl (C=O) groups excluding carboxylic acids is 1. The van der Waals surface area contributed by atoms with Gasteiger partial charge >= 0.3 is 0 Å². The van der Waals surface area contributed by atoms with E-state index in [-0.39, 0.29) is 17.7 Å². The number of rotatable bonds is 7. The summed E-state index contributed by atoms with van der Waals surface area (Å²) >= 11 is 1.35. The minimum Gasteiger partial charge on any atom is -0.461 e. The fourth-order valence-electron chi connectivity index (χ4n) is 3.03. The maximum absolute atomic E-state index is 12.4. The van der Waals surface area contributed by atoms with Gasteiger partial charge in [0.1, 0.15) is 0 Å². The van der Waals surface area contributed by atoms with Crippen molar-refractivity contribution in [3.8, 4) is 11.6 Å². The molecule has 29 heavy (non-hydrogen) atoms. The molecule has 146 valence electrons. The highest BCUT2D eigenvalue weighted by molar-refractivity contribution is 7.99. The van der Waals surface area contributed by atoms with Crippen LogP contribution in [0, 0.1) is 0 Å². The van der Waals surface area contributed by atoms with Gasteiger partial charge in [0, 0.05) is 5.69 Å². The average molecular weight is 404 g/mol. The lowest BCUT2D eigenvalue weighted by molar-refractivity contribution is -0.113. The van der Waals surface area contributed by atoms with Crippen LogP contribution < -0.4 is 5.32 Å². The maximum atomic E-state index is 12.4. The second kappa shape index (κ2) is 8.79. The van der Waals surface area contributed by atoms with Gasteiger partial charge in [0.2, 0.25) is 11.7 Å². The third-order valence-corrected chi connectivity index (χ3v) is 5.41. The van der Waals surface area contributed by atoms with Crippen LogP contribution in [-0.4, -0.2) is 26.4 Å². The Labute approximate surface area is 173 Å². The second-order valence-corrected chi connectivity index (χ2v) is 7.39. The first-order valence-corrected chi connectivity index (χ1v) is 10.2. The van der Waals surface area contributed by atoms with Crippen LogP contribution in [0.25, 0.3) is 11.6 Å². The molecule has 0 bridgehead atoms. The molecule has 4 rings (SSSR count). The number of benzene rings is 2. The third-order valence-electron chi connectivity index (χ3n) is 4.47. The number of carbonyl (C=O) groups is 1. The highest BCUT2D eigenvalue weighted by Crippen LogP contribution is 2.31. The van der Waals surface area contributed by atoms with Gasteiger partial charge in [-0.25, -0.2) is 0 Å². The lowest BCUT2D eigenvalue weighted by atomic mass is 10.1. The van der Waals surface area contributed by atoms with E-state index in [1.165, 1.54) is 11.8 Å². The first kappa shape index (κ1) is 19.0. The summed E-state index contributed by atoms with van der Waals surface area (Å²) in [5.74, 6) is 1.41. The molecule has 0 aliphatic heterocycles. The van der Waals surface area contributed by atoms with Crippen molar-refractivity contribution in [2.75, 3.05) is 11.1 Å². The Morgan fingerprint density at radius 2 is 1.76 bits per heavy atom. The highest BCUT2D eigenvalue weighted by atomic mass is 32.2. The summed E-state index contributed by atoms with van der Waals surface area (Å²) in [4.78, 5) is 12.4. The summed E-state index contributed by atoms with van der Waals surface area (Å²) in [7, 11) is 0. The number of nitrogens with zero attached hydrogens (tertiary/aromatic N) is 3. The van der Waals surface area contributed by atoms with Crippen molar-refractivity contribution in [2.24, 2.45) is 0 Å². The Kier molecular flexibility index (Phi) is 5.76. The summed E-state index contributed by atoms with van der Waals surface area (Å²) in [6.07, 6.45) is 1.61. The lowest BCUT2D eigenvalue weighted by Gasteiger charge is -2.17. The monoisotopic (exact) mass is 404 g/mol. The van der Waals surface area contributed by atoms with Gasteiger partial charge in [0.05, 0.1) is 18.1 Å². The molecule has 0 aliphatic carbocycles. The van der Waals surface area contributed by atoms with Crippen molar-refractivity contribution in [1.82, 2.24) is 14.8 Å². The molecule has 0 fully saturated rings. The lowest BCUT2D eigenvalue weighted by Crippen LogP contribution is -2.15. The minimum atomic E-state index is -0.0948. The van der Waals surface area contributed by atoms with E-state index in [9.17, 15) is 4.79 Å². The molecule has 2 aromatic carbocycles.